The molecule has 0 fully saturated rings. The summed E-state index contributed by atoms with van der Waals surface area (Å²) in [5.74, 6) is 0.589. The van der Waals surface area contributed by atoms with E-state index in [9.17, 15) is 9.59 Å². The summed E-state index contributed by atoms with van der Waals surface area (Å²) >= 11 is 2.69. The summed E-state index contributed by atoms with van der Waals surface area (Å²) in [4.78, 5) is 31.7. The molecule has 1 N–H and O–H groups in total. The molecule has 0 bridgehead atoms. The van der Waals surface area contributed by atoms with Gasteiger partial charge in [0.1, 0.15) is 15.7 Å². The van der Waals surface area contributed by atoms with Crippen LogP contribution in [0.15, 0.2) is 4.79 Å². The average Bonchev–Trinajstić information content (AvgIpc) is 3.16. The van der Waals surface area contributed by atoms with Crippen LogP contribution in [0.25, 0.3) is 10.2 Å². The molecule has 4 rings (SSSR count). The molecule has 1 amide bonds. The Morgan fingerprint density at radius 2 is 2.07 bits per heavy atom. The Bertz CT molecular complexity index is 1080. The molecule has 28 heavy (non-hydrogen) atoms. The molecule has 148 valence electrons. The maximum absolute atomic E-state index is 13.0. The van der Waals surface area contributed by atoms with Gasteiger partial charge in [-0.15, -0.1) is 21.5 Å². The molecule has 3 aromatic heterocycles. The van der Waals surface area contributed by atoms with Crippen LogP contribution in [0.3, 0.4) is 0 Å². The van der Waals surface area contributed by atoms with Crippen molar-refractivity contribution in [2.45, 2.75) is 65.3 Å². The number of nitrogens with one attached hydrogen (secondary N) is 1. The van der Waals surface area contributed by atoms with E-state index in [1.54, 1.807) is 4.57 Å². The minimum Gasteiger partial charge on any atom is -0.296 e. The van der Waals surface area contributed by atoms with Crippen molar-refractivity contribution in [1.29, 1.82) is 0 Å². The number of hydrogen-bond acceptors (Lipinski definition) is 7. The standard InChI is InChI=1S/C19H23N5O2S2/c1-3-4-9-13-22-23-19(27-13)21-16(25)15-11(2)14-17(28-15)20-12-8-6-5-7-10-24(12)18(14)26/h3-10H2,1-2H3,(H,21,23,25). The first-order chi connectivity index (χ1) is 13.6. The van der Waals surface area contributed by atoms with Gasteiger partial charge in [0.15, 0.2) is 0 Å². The minimum absolute atomic E-state index is 0.0209. The van der Waals surface area contributed by atoms with Crippen LogP contribution < -0.4 is 10.9 Å². The van der Waals surface area contributed by atoms with Crippen LogP contribution in [0.1, 0.15) is 65.1 Å². The third-order valence-electron chi connectivity index (χ3n) is 5.05. The lowest BCUT2D eigenvalue weighted by molar-refractivity contribution is 0.103. The van der Waals surface area contributed by atoms with Crippen molar-refractivity contribution < 1.29 is 4.79 Å². The van der Waals surface area contributed by atoms with Crippen LogP contribution in [-0.4, -0.2) is 25.7 Å². The molecular formula is C19H23N5O2S2. The number of fused-ring (bicyclic) bond motifs is 2. The van der Waals surface area contributed by atoms with Crippen molar-refractivity contribution >= 4 is 43.9 Å². The molecule has 0 spiro atoms. The number of amides is 1. The van der Waals surface area contributed by atoms with E-state index in [1.165, 1.54) is 22.7 Å². The molecule has 3 aromatic rings. The summed E-state index contributed by atoms with van der Waals surface area (Å²) in [5.41, 5.74) is 0.678. The lowest BCUT2D eigenvalue weighted by Gasteiger charge is -2.08. The Morgan fingerprint density at radius 3 is 2.89 bits per heavy atom. The predicted octanol–water partition coefficient (Wildman–Crippen LogP) is 3.94. The van der Waals surface area contributed by atoms with E-state index < -0.39 is 0 Å². The van der Waals surface area contributed by atoms with E-state index in [-0.39, 0.29) is 11.5 Å². The van der Waals surface area contributed by atoms with Crippen LogP contribution in [0.4, 0.5) is 5.13 Å². The maximum Gasteiger partial charge on any atom is 0.267 e. The van der Waals surface area contributed by atoms with Crippen molar-refractivity contribution in [3.05, 3.63) is 31.6 Å². The Labute approximate surface area is 170 Å². The molecule has 0 radical (unpaired) electrons. The zero-order valence-corrected chi connectivity index (χ0v) is 17.7. The smallest absolute Gasteiger partial charge is 0.267 e. The van der Waals surface area contributed by atoms with Crippen LogP contribution in [-0.2, 0) is 19.4 Å². The third kappa shape index (κ3) is 3.60. The molecule has 7 nitrogen and oxygen atoms in total. The van der Waals surface area contributed by atoms with Gasteiger partial charge in [-0.25, -0.2) is 4.98 Å². The Kier molecular flexibility index (Phi) is 5.54. The second-order valence-corrected chi connectivity index (χ2v) is 9.15. The van der Waals surface area contributed by atoms with Crippen molar-refractivity contribution in [2.24, 2.45) is 0 Å². The zero-order valence-electron chi connectivity index (χ0n) is 16.1. The number of unbranched alkanes of at least 4 members (excludes halogenated alkanes) is 1. The number of nitrogens with zero attached hydrogens (tertiary/aromatic N) is 4. The fourth-order valence-corrected chi connectivity index (χ4v) is 5.38. The average molecular weight is 418 g/mol. The number of aromatic nitrogens is 4. The summed E-state index contributed by atoms with van der Waals surface area (Å²) in [5, 5.41) is 13.0. The maximum atomic E-state index is 13.0. The third-order valence-corrected chi connectivity index (χ3v) is 7.13. The number of carbonyl (C=O) groups excluding carboxylic acids is 1. The zero-order chi connectivity index (χ0) is 19.7. The van der Waals surface area contributed by atoms with Gasteiger partial charge < -0.3 is 0 Å². The number of rotatable bonds is 5. The van der Waals surface area contributed by atoms with Gasteiger partial charge in [0.2, 0.25) is 5.13 Å². The molecule has 0 saturated carbocycles. The Hall–Kier alpha value is -2.13. The van der Waals surface area contributed by atoms with Crippen LogP contribution in [0.5, 0.6) is 0 Å². The molecule has 0 aromatic carbocycles. The fourth-order valence-electron chi connectivity index (χ4n) is 3.51. The number of anilines is 1. The molecule has 1 aliphatic heterocycles. The van der Waals surface area contributed by atoms with Crippen molar-refractivity contribution in [3.8, 4) is 0 Å². The molecule has 0 atom stereocenters. The number of carbonyl (C=O) groups is 1. The van der Waals surface area contributed by atoms with Crippen LogP contribution >= 0.6 is 22.7 Å². The van der Waals surface area contributed by atoms with Gasteiger partial charge in [0.25, 0.3) is 11.5 Å². The van der Waals surface area contributed by atoms with Crippen molar-refractivity contribution in [3.63, 3.8) is 0 Å². The summed E-state index contributed by atoms with van der Waals surface area (Å²) < 4.78 is 1.79. The van der Waals surface area contributed by atoms with E-state index in [2.05, 4.69) is 22.4 Å². The van der Waals surface area contributed by atoms with Crippen molar-refractivity contribution in [1.82, 2.24) is 19.7 Å². The molecule has 9 heteroatoms. The second-order valence-electron chi connectivity index (χ2n) is 7.09. The highest BCUT2D eigenvalue weighted by Crippen LogP contribution is 2.29. The summed E-state index contributed by atoms with van der Waals surface area (Å²) in [6.07, 6.45) is 6.99. The van der Waals surface area contributed by atoms with Gasteiger partial charge in [-0.3, -0.25) is 19.5 Å². The van der Waals surface area contributed by atoms with Gasteiger partial charge in [-0.2, -0.15) is 0 Å². The van der Waals surface area contributed by atoms with Gasteiger partial charge in [-0.05, 0) is 31.7 Å². The van der Waals surface area contributed by atoms with E-state index in [0.717, 1.165) is 55.8 Å². The minimum atomic E-state index is -0.252. The lowest BCUT2D eigenvalue weighted by Crippen LogP contribution is -2.24. The van der Waals surface area contributed by atoms with Gasteiger partial charge in [-0.1, -0.05) is 31.1 Å². The van der Waals surface area contributed by atoms with Crippen LogP contribution in [0, 0.1) is 6.92 Å². The SMILES string of the molecule is CCCCc1nnc(NC(=O)c2sc3nc4n(c(=O)c3c2C)CCCCC4)s1. The van der Waals surface area contributed by atoms with E-state index in [4.69, 9.17) is 4.98 Å². The first kappa shape index (κ1) is 19.2. The predicted molar refractivity (Wildman–Crippen MR) is 113 cm³/mol. The molecule has 0 saturated heterocycles. The van der Waals surface area contributed by atoms with E-state index in [0.29, 0.717) is 32.3 Å². The molecule has 1 aliphatic rings. The summed E-state index contributed by atoms with van der Waals surface area (Å²) in [6, 6.07) is 0. The first-order valence-electron chi connectivity index (χ1n) is 9.75. The Morgan fingerprint density at radius 1 is 1.21 bits per heavy atom. The number of thiophene rings is 1. The number of aryl methyl sites for hydroxylation is 3. The fraction of sp³-hybridized carbons (Fsp3) is 0.526. The lowest BCUT2D eigenvalue weighted by atomic mass is 10.2. The number of hydrogen-bond donors (Lipinski definition) is 1. The summed E-state index contributed by atoms with van der Waals surface area (Å²) in [7, 11) is 0. The summed E-state index contributed by atoms with van der Waals surface area (Å²) in [6.45, 7) is 4.66. The molecule has 0 aliphatic carbocycles. The molecule has 0 unspecified atom stereocenters. The van der Waals surface area contributed by atoms with Gasteiger partial charge in [0, 0.05) is 19.4 Å². The molecular weight excluding hydrogens is 394 g/mol. The van der Waals surface area contributed by atoms with Gasteiger partial charge >= 0.3 is 0 Å². The van der Waals surface area contributed by atoms with Crippen molar-refractivity contribution in [2.75, 3.05) is 5.32 Å². The second kappa shape index (κ2) is 8.08. The van der Waals surface area contributed by atoms with E-state index >= 15 is 0 Å². The van der Waals surface area contributed by atoms with E-state index in [1.807, 2.05) is 6.92 Å². The molecule has 4 heterocycles. The Balaban J connectivity index is 1.64. The van der Waals surface area contributed by atoms with Gasteiger partial charge in [0.05, 0.1) is 10.3 Å². The highest BCUT2D eigenvalue weighted by Gasteiger charge is 2.23. The van der Waals surface area contributed by atoms with Crippen LogP contribution in [0.2, 0.25) is 0 Å². The first-order valence-corrected chi connectivity index (χ1v) is 11.4. The topological polar surface area (TPSA) is 89.8 Å². The quantitative estimate of drug-likeness (QED) is 0.679. The normalized spacial score (nSPS) is 14.1. The largest absolute Gasteiger partial charge is 0.296 e. The highest BCUT2D eigenvalue weighted by atomic mass is 32.1. The highest BCUT2D eigenvalue weighted by molar-refractivity contribution is 7.21. The monoisotopic (exact) mass is 417 g/mol.